The van der Waals surface area contributed by atoms with Crippen LogP contribution in [-0.2, 0) is 14.3 Å². The Bertz CT molecular complexity index is 1160. The van der Waals surface area contributed by atoms with Gasteiger partial charge in [-0.1, -0.05) is 25.1 Å². The van der Waals surface area contributed by atoms with Crippen LogP contribution >= 0.6 is 0 Å². The van der Waals surface area contributed by atoms with Gasteiger partial charge in [-0.15, -0.1) is 0 Å². The van der Waals surface area contributed by atoms with Crippen LogP contribution in [0.15, 0.2) is 48.5 Å². The second kappa shape index (κ2) is 8.93. The number of ether oxygens (including phenoxy) is 1. The zero-order chi connectivity index (χ0) is 23.7. The smallest absolute Gasteiger partial charge is 0.338 e. The van der Waals surface area contributed by atoms with E-state index in [9.17, 15) is 29.3 Å². The molecule has 1 aliphatic heterocycles. The summed E-state index contributed by atoms with van der Waals surface area (Å²) in [5.41, 5.74) is 0.195. The van der Waals surface area contributed by atoms with Gasteiger partial charge in [-0.3, -0.25) is 29.4 Å². The van der Waals surface area contributed by atoms with E-state index in [0.717, 1.165) is 17.4 Å². The van der Waals surface area contributed by atoms with E-state index in [1.807, 2.05) is 0 Å². The molecule has 1 heterocycles. The van der Waals surface area contributed by atoms with Crippen LogP contribution in [0.1, 0.15) is 46.9 Å². The monoisotopic (exact) mass is 450 g/mol. The Morgan fingerprint density at radius 3 is 2.48 bits per heavy atom. The number of esters is 1. The molecule has 2 aromatic carbocycles. The van der Waals surface area contributed by atoms with E-state index in [1.54, 1.807) is 12.1 Å². The maximum absolute atomic E-state index is 12.9. The van der Waals surface area contributed by atoms with Crippen LogP contribution in [0.3, 0.4) is 0 Å². The van der Waals surface area contributed by atoms with Crippen LogP contribution in [-0.4, -0.2) is 35.1 Å². The molecule has 0 N–H and O–H groups in total. The Kier molecular flexibility index (Phi) is 6.04. The van der Waals surface area contributed by atoms with E-state index in [0.29, 0.717) is 24.4 Å². The summed E-state index contributed by atoms with van der Waals surface area (Å²) in [5, 5.41) is 10.9. The molecular weight excluding hydrogens is 428 g/mol. The highest BCUT2D eigenvalue weighted by atomic mass is 16.6. The van der Waals surface area contributed by atoms with E-state index in [1.165, 1.54) is 30.3 Å². The highest BCUT2D eigenvalue weighted by Crippen LogP contribution is 2.42. The Balaban J connectivity index is 1.46. The molecule has 33 heavy (non-hydrogen) atoms. The molecule has 1 saturated heterocycles. The van der Waals surface area contributed by atoms with Gasteiger partial charge in [-0.25, -0.2) is 4.79 Å². The number of nitro groups is 1. The van der Waals surface area contributed by atoms with Gasteiger partial charge in [-0.05, 0) is 43.4 Å². The number of nitrogens with zero attached hydrogens (tertiary/aromatic N) is 2. The van der Waals surface area contributed by atoms with Crippen molar-refractivity contribution in [3.63, 3.8) is 0 Å². The number of amides is 2. The van der Waals surface area contributed by atoms with Gasteiger partial charge < -0.3 is 4.74 Å². The molecule has 0 spiro atoms. The van der Waals surface area contributed by atoms with Crippen LogP contribution in [0, 0.1) is 27.9 Å². The summed E-state index contributed by atoms with van der Waals surface area (Å²) in [6, 6.07) is 11.1. The topological polar surface area (TPSA) is 124 Å². The highest BCUT2D eigenvalue weighted by Gasteiger charge is 2.50. The normalized spacial score (nSPS) is 22.1. The first-order valence-electron chi connectivity index (χ1n) is 10.7. The molecule has 170 valence electrons. The lowest BCUT2D eigenvalue weighted by Crippen LogP contribution is -2.31. The third-order valence-electron chi connectivity index (χ3n) is 6.24. The van der Waals surface area contributed by atoms with Gasteiger partial charge in [0.25, 0.3) is 5.69 Å². The van der Waals surface area contributed by atoms with Crippen molar-refractivity contribution in [1.82, 2.24) is 0 Å². The molecule has 2 fully saturated rings. The van der Waals surface area contributed by atoms with E-state index in [2.05, 4.69) is 6.92 Å². The van der Waals surface area contributed by atoms with Gasteiger partial charge in [0.15, 0.2) is 6.61 Å². The maximum atomic E-state index is 12.9. The minimum atomic E-state index is -0.805. The number of benzene rings is 2. The number of nitro benzene ring substituents is 1. The molecule has 0 radical (unpaired) electrons. The zero-order valence-corrected chi connectivity index (χ0v) is 17.9. The number of carbonyl (C=O) groups is 4. The van der Waals surface area contributed by atoms with E-state index in [-0.39, 0.29) is 40.5 Å². The van der Waals surface area contributed by atoms with Crippen molar-refractivity contribution in [2.24, 2.45) is 17.8 Å². The fourth-order valence-corrected chi connectivity index (χ4v) is 4.51. The van der Waals surface area contributed by atoms with Gasteiger partial charge in [0.2, 0.25) is 17.6 Å². The molecule has 9 nitrogen and oxygen atoms in total. The molecule has 3 atom stereocenters. The number of anilines is 1. The summed E-state index contributed by atoms with van der Waals surface area (Å²) < 4.78 is 5.08. The molecular formula is C24H22N2O7. The van der Waals surface area contributed by atoms with Crippen molar-refractivity contribution in [3.8, 4) is 0 Å². The number of non-ortho nitro benzene ring substituents is 1. The summed E-state index contributed by atoms with van der Waals surface area (Å²) in [6.45, 7) is 1.47. The average molecular weight is 450 g/mol. The van der Waals surface area contributed by atoms with Gasteiger partial charge in [0.05, 0.1) is 28.0 Å². The van der Waals surface area contributed by atoms with Crippen LogP contribution in [0.4, 0.5) is 11.4 Å². The Morgan fingerprint density at radius 1 is 1.03 bits per heavy atom. The number of fused-ring (bicyclic) bond motifs is 1. The third-order valence-corrected chi connectivity index (χ3v) is 6.24. The van der Waals surface area contributed by atoms with Crippen molar-refractivity contribution in [1.29, 1.82) is 0 Å². The SMILES string of the molecule is C[C@@H]1CC[C@H]2C(=O)N(c3cccc(C(=O)OCC(=O)c4cccc([N+](=O)[O-])c4)c3)C(=O)[C@@H]2C1. The second-order valence-corrected chi connectivity index (χ2v) is 8.50. The predicted molar refractivity (Wildman–Crippen MR) is 117 cm³/mol. The molecule has 2 aromatic rings. The number of Topliss-reactive ketones (excluding diaryl/α,β-unsaturated/α-hetero) is 1. The molecule has 1 saturated carbocycles. The summed E-state index contributed by atoms with van der Waals surface area (Å²) in [4.78, 5) is 62.0. The molecule has 0 unspecified atom stereocenters. The number of hydrogen-bond donors (Lipinski definition) is 0. The first-order chi connectivity index (χ1) is 15.8. The minimum absolute atomic E-state index is 0.0517. The van der Waals surface area contributed by atoms with E-state index < -0.39 is 23.3 Å². The quantitative estimate of drug-likeness (QED) is 0.217. The maximum Gasteiger partial charge on any atom is 0.338 e. The standard InChI is InChI=1S/C24H22N2O7/c1-14-8-9-19-20(10-14)23(29)25(22(19)28)17-6-3-5-16(12-17)24(30)33-13-21(27)15-4-2-7-18(11-15)26(31)32/h2-7,11-12,14,19-20H,8-10,13H2,1H3/t14-,19-,20-/m1/s1. The number of ketones is 1. The molecule has 0 aromatic heterocycles. The Morgan fingerprint density at radius 2 is 1.73 bits per heavy atom. The molecule has 0 bridgehead atoms. The summed E-state index contributed by atoms with van der Waals surface area (Å²) in [5.74, 6) is -2.16. The van der Waals surface area contributed by atoms with Gasteiger partial charge in [0.1, 0.15) is 0 Å². The molecule has 1 aliphatic carbocycles. The van der Waals surface area contributed by atoms with Crippen molar-refractivity contribution in [2.75, 3.05) is 11.5 Å². The number of imide groups is 1. The first kappa shape index (κ1) is 22.3. The van der Waals surface area contributed by atoms with Crippen LogP contribution < -0.4 is 4.90 Å². The minimum Gasteiger partial charge on any atom is -0.454 e. The lowest BCUT2D eigenvalue weighted by Gasteiger charge is -2.25. The van der Waals surface area contributed by atoms with Gasteiger partial charge in [0, 0.05) is 17.7 Å². The second-order valence-electron chi connectivity index (χ2n) is 8.50. The highest BCUT2D eigenvalue weighted by molar-refractivity contribution is 6.22. The Labute approximate surface area is 189 Å². The van der Waals surface area contributed by atoms with E-state index >= 15 is 0 Å². The van der Waals surface area contributed by atoms with Gasteiger partial charge in [-0.2, -0.15) is 0 Å². The zero-order valence-electron chi connectivity index (χ0n) is 17.9. The molecule has 2 aliphatic rings. The van der Waals surface area contributed by atoms with Crippen molar-refractivity contribution >= 4 is 34.9 Å². The Hall–Kier alpha value is -3.88. The fourth-order valence-electron chi connectivity index (χ4n) is 4.51. The first-order valence-corrected chi connectivity index (χ1v) is 10.7. The van der Waals surface area contributed by atoms with Crippen molar-refractivity contribution < 1.29 is 28.8 Å². The average Bonchev–Trinajstić information content (AvgIpc) is 3.06. The fraction of sp³-hybridized carbons (Fsp3) is 0.333. The third kappa shape index (κ3) is 4.39. The lowest BCUT2D eigenvalue weighted by molar-refractivity contribution is -0.384. The van der Waals surface area contributed by atoms with Gasteiger partial charge >= 0.3 is 5.97 Å². The summed E-state index contributed by atoms with van der Waals surface area (Å²) >= 11 is 0. The van der Waals surface area contributed by atoms with Crippen LogP contribution in [0.5, 0.6) is 0 Å². The molecule has 9 heteroatoms. The summed E-state index contributed by atoms with van der Waals surface area (Å²) in [6.07, 6.45) is 2.25. The van der Waals surface area contributed by atoms with E-state index in [4.69, 9.17) is 4.74 Å². The number of rotatable bonds is 6. The number of hydrogen-bond acceptors (Lipinski definition) is 7. The lowest BCUT2D eigenvalue weighted by atomic mass is 9.76. The van der Waals surface area contributed by atoms with Crippen molar-refractivity contribution in [3.05, 3.63) is 69.8 Å². The molecule has 4 rings (SSSR count). The van der Waals surface area contributed by atoms with Crippen molar-refractivity contribution in [2.45, 2.75) is 26.2 Å². The van der Waals surface area contributed by atoms with Crippen LogP contribution in [0.25, 0.3) is 0 Å². The molecule has 2 amide bonds. The summed E-state index contributed by atoms with van der Waals surface area (Å²) in [7, 11) is 0. The predicted octanol–water partition coefficient (Wildman–Crippen LogP) is 3.56. The largest absolute Gasteiger partial charge is 0.454 e. The number of carbonyl (C=O) groups excluding carboxylic acids is 4. The van der Waals surface area contributed by atoms with Crippen LogP contribution in [0.2, 0.25) is 0 Å².